The Kier molecular flexibility index (Phi) is 4.28. The standard InChI is InChI=1S/C12H13BrFN5/c1-7(8-2-4-9(14)5-3-8)18-11-10(13)12(19-15)17-6-16-11/h2-7H,15H2,1H3,(H2,16,17,18,19). The van der Waals surface area contributed by atoms with Crippen molar-refractivity contribution in [2.24, 2.45) is 5.84 Å². The van der Waals surface area contributed by atoms with Crippen molar-refractivity contribution >= 4 is 27.6 Å². The van der Waals surface area contributed by atoms with Crippen LogP contribution in [0.15, 0.2) is 35.1 Å². The maximum atomic E-state index is 12.9. The predicted octanol–water partition coefficient (Wildman–Crippen LogP) is 2.84. The Morgan fingerprint density at radius 3 is 2.47 bits per heavy atom. The highest BCUT2D eigenvalue weighted by molar-refractivity contribution is 9.10. The molecule has 0 aliphatic carbocycles. The van der Waals surface area contributed by atoms with Crippen molar-refractivity contribution < 1.29 is 4.39 Å². The lowest BCUT2D eigenvalue weighted by Gasteiger charge is -2.16. The number of benzene rings is 1. The number of nitrogens with zero attached hydrogens (tertiary/aromatic N) is 2. The number of anilines is 2. The summed E-state index contributed by atoms with van der Waals surface area (Å²) >= 11 is 3.36. The van der Waals surface area contributed by atoms with E-state index in [9.17, 15) is 4.39 Å². The van der Waals surface area contributed by atoms with Gasteiger partial charge >= 0.3 is 0 Å². The van der Waals surface area contributed by atoms with Gasteiger partial charge in [-0.3, -0.25) is 0 Å². The van der Waals surface area contributed by atoms with Crippen molar-refractivity contribution in [3.63, 3.8) is 0 Å². The molecule has 0 amide bonds. The average Bonchev–Trinajstić information content (AvgIpc) is 2.42. The zero-order valence-corrected chi connectivity index (χ0v) is 11.8. The third-order valence-corrected chi connectivity index (χ3v) is 3.40. The molecule has 2 rings (SSSR count). The SMILES string of the molecule is CC(Nc1ncnc(NN)c1Br)c1ccc(F)cc1. The summed E-state index contributed by atoms with van der Waals surface area (Å²) in [6.07, 6.45) is 1.40. The molecule has 1 aromatic carbocycles. The van der Waals surface area contributed by atoms with Crippen LogP contribution in [-0.4, -0.2) is 9.97 Å². The van der Waals surface area contributed by atoms with Gasteiger partial charge in [-0.1, -0.05) is 12.1 Å². The second-order valence-corrected chi connectivity index (χ2v) is 4.74. The highest BCUT2D eigenvalue weighted by Gasteiger charge is 2.11. The van der Waals surface area contributed by atoms with Gasteiger partial charge in [0.2, 0.25) is 0 Å². The number of nitrogens with two attached hydrogens (primary N) is 1. The van der Waals surface area contributed by atoms with E-state index in [1.54, 1.807) is 12.1 Å². The maximum Gasteiger partial charge on any atom is 0.159 e. The van der Waals surface area contributed by atoms with Crippen LogP contribution in [0, 0.1) is 5.82 Å². The molecule has 19 heavy (non-hydrogen) atoms. The quantitative estimate of drug-likeness (QED) is 0.595. The number of hydrogen-bond acceptors (Lipinski definition) is 5. The third-order valence-electron chi connectivity index (χ3n) is 2.65. The first-order valence-electron chi connectivity index (χ1n) is 5.61. The Morgan fingerprint density at radius 1 is 1.21 bits per heavy atom. The number of halogens is 2. The third kappa shape index (κ3) is 3.18. The summed E-state index contributed by atoms with van der Waals surface area (Å²) in [4.78, 5) is 8.10. The Labute approximate surface area is 118 Å². The molecule has 0 saturated heterocycles. The molecule has 2 aromatic rings. The molecule has 7 heteroatoms. The van der Waals surface area contributed by atoms with Crippen LogP contribution in [0.25, 0.3) is 0 Å². The maximum absolute atomic E-state index is 12.9. The van der Waals surface area contributed by atoms with Crippen molar-refractivity contribution in [2.45, 2.75) is 13.0 Å². The van der Waals surface area contributed by atoms with E-state index in [2.05, 4.69) is 36.6 Å². The van der Waals surface area contributed by atoms with Crippen LogP contribution in [0.3, 0.4) is 0 Å². The summed E-state index contributed by atoms with van der Waals surface area (Å²) < 4.78 is 13.5. The van der Waals surface area contributed by atoms with E-state index in [1.165, 1.54) is 18.5 Å². The molecule has 0 aliphatic heterocycles. The summed E-state index contributed by atoms with van der Waals surface area (Å²) in [6.45, 7) is 1.96. The lowest BCUT2D eigenvalue weighted by atomic mass is 10.1. The number of hydrogen-bond donors (Lipinski definition) is 3. The molecular weight excluding hydrogens is 313 g/mol. The summed E-state index contributed by atoms with van der Waals surface area (Å²) in [6, 6.07) is 6.27. The predicted molar refractivity (Wildman–Crippen MR) is 76.0 cm³/mol. The lowest BCUT2D eigenvalue weighted by molar-refractivity contribution is 0.626. The molecule has 0 radical (unpaired) electrons. The molecule has 1 heterocycles. The van der Waals surface area contributed by atoms with Crippen LogP contribution in [0.5, 0.6) is 0 Å². The van der Waals surface area contributed by atoms with Crippen molar-refractivity contribution in [3.05, 3.63) is 46.4 Å². The van der Waals surface area contributed by atoms with Crippen LogP contribution >= 0.6 is 15.9 Å². The summed E-state index contributed by atoms with van der Waals surface area (Å²) in [5.41, 5.74) is 3.42. The van der Waals surface area contributed by atoms with E-state index < -0.39 is 0 Å². The minimum atomic E-state index is -0.256. The molecule has 0 saturated carbocycles. The topological polar surface area (TPSA) is 75.9 Å². The van der Waals surface area contributed by atoms with Gasteiger partial charge in [-0.25, -0.2) is 20.2 Å². The molecular formula is C12H13BrFN5. The highest BCUT2D eigenvalue weighted by Crippen LogP contribution is 2.28. The largest absolute Gasteiger partial charge is 0.362 e. The van der Waals surface area contributed by atoms with E-state index in [1.807, 2.05) is 6.92 Å². The number of nitrogen functional groups attached to an aromatic ring is 1. The van der Waals surface area contributed by atoms with Crippen molar-refractivity contribution in [1.29, 1.82) is 0 Å². The zero-order valence-electron chi connectivity index (χ0n) is 10.2. The molecule has 5 nitrogen and oxygen atoms in total. The Balaban J connectivity index is 2.19. The van der Waals surface area contributed by atoms with Gasteiger partial charge in [0.05, 0.1) is 0 Å². The normalized spacial score (nSPS) is 12.0. The summed E-state index contributed by atoms with van der Waals surface area (Å²) in [7, 11) is 0. The molecule has 100 valence electrons. The number of rotatable bonds is 4. The van der Waals surface area contributed by atoms with Crippen LogP contribution in [0.4, 0.5) is 16.0 Å². The average molecular weight is 326 g/mol. The van der Waals surface area contributed by atoms with Crippen molar-refractivity contribution in [2.75, 3.05) is 10.7 Å². The van der Waals surface area contributed by atoms with Crippen LogP contribution in [-0.2, 0) is 0 Å². The number of nitrogens with one attached hydrogen (secondary N) is 2. The fourth-order valence-corrected chi connectivity index (χ4v) is 2.04. The molecule has 0 fully saturated rings. The lowest BCUT2D eigenvalue weighted by Crippen LogP contribution is -2.13. The van der Waals surface area contributed by atoms with Crippen molar-refractivity contribution in [3.8, 4) is 0 Å². The first-order chi connectivity index (χ1) is 9.11. The molecule has 0 aliphatic rings. The monoisotopic (exact) mass is 325 g/mol. The molecule has 0 bridgehead atoms. The molecule has 1 atom stereocenters. The second-order valence-electron chi connectivity index (χ2n) is 3.95. The van der Waals surface area contributed by atoms with Gasteiger partial charge in [-0.05, 0) is 40.5 Å². The molecule has 0 spiro atoms. The fourth-order valence-electron chi connectivity index (χ4n) is 1.61. The Bertz CT molecular complexity index is 561. The summed E-state index contributed by atoms with van der Waals surface area (Å²) in [5.74, 6) is 6.18. The van der Waals surface area contributed by atoms with E-state index >= 15 is 0 Å². The van der Waals surface area contributed by atoms with Crippen LogP contribution in [0.1, 0.15) is 18.5 Å². The number of hydrazine groups is 1. The van der Waals surface area contributed by atoms with E-state index in [4.69, 9.17) is 5.84 Å². The second kappa shape index (κ2) is 5.94. The van der Waals surface area contributed by atoms with Gasteiger partial charge in [0.1, 0.15) is 22.4 Å². The minimum absolute atomic E-state index is 0.0302. The van der Waals surface area contributed by atoms with E-state index in [0.29, 0.717) is 16.1 Å². The Hall–Kier alpha value is -1.73. The van der Waals surface area contributed by atoms with E-state index in [0.717, 1.165) is 5.56 Å². The van der Waals surface area contributed by atoms with Crippen LogP contribution < -0.4 is 16.6 Å². The van der Waals surface area contributed by atoms with Gasteiger partial charge in [0.25, 0.3) is 0 Å². The van der Waals surface area contributed by atoms with Gasteiger partial charge in [-0.2, -0.15) is 0 Å². The fraction of sp³-hybridized carbons (Fsp3) is 0.167. The first kappa shape index (κ1) is 13.7. The molecule has 1 aromatic heterocycles. The van der Waals surface area contributed by atoms with Gasteiger partial charge in [0.15, 0.2) is 5.82 Å². The van der Waals surface area contributed by atoms with Crippen molar-refractivity contribution in [1.82, 2.24) is 9.97 Å². The van der Waals surface area contributed by atoms with Crippen LogP contribution in [0.2, 0.25) is 0 Å². The minimum Gasteiger partial charge on any atom is -0.362 e. The number of aromatic nitrogens is 2. The van der Waals surface area contributed by atoms with Gasteiger partial charge < -0.3 is 10.7 Å². The van der Waals surface area contributed by atoms with E-state index in [-0.39, 0.29) is 11.9 Å². The molecule has 1 unspecified atom stereocenters. The van der Waals surface area contributed by atoms with Gasteiger partial charge in [-0.15, -0.1) is 0 Å². The molecule has 4 N–H and O–H groups in total. The highest BCUT2D eigenvalue weighted by atomic mass is 79.9. The summed E-state index contributed by atoms with van der Waals surface area (Å²) in [5, 5.41) is 3.20. The first-order valence-corrected chi connectivity index (χ1v) is 6.40. The Morgan fingerprint density at radius 2 is 1.84 bits per heavy atom. The zero-order chi connectivity index (χ0) is 13.8. The van der Waals surface area contributed by atoms with Gasteiger partial charge in [0, 0.05) is 6.04 Å². The smallest absolute Gasteiger partial charge is 0.159 e.